The first-order chi connectivity index (χ1) is 15.8. The number of ether oxygens (including phenoxy) is 2. The Morgan fingerprint density at radius 2 is 1.79 bits per heavy atom. The standard InChI is InChI=1S/C23H32N4O5S/c1-5-16(2)25-23(28)17-6-8-20(27-12-10-24-11-13-27)19(14-17)26-33(29,30)18-7-9-21(31-3)22(15-18)32-4/h6-9,14-16,24,26H,5,10-13H2,1-4H3,(H,25,28). The molecule has 0 bridgehead atoms. The Morgan fingerprint density at radius 1 is 1.09 bits per heavy atom. The van der Waals surface area contributed by atoms with E-state index in [-0.39, 0.29) is 16.8 Å². The maximum absolute atomic E-state index is 13.3. The molecule has 1 fully saturated rings. The van der Waals surface area contributed by atoms with Crippen LogP contribution in [0.4, 0.5) is 11.4 Å². The highest BCUT2D eigenvalue weighted by Gasteiger charge is 2.23. The molecule has 0 radical (unpaired) electrons. The Kier molecular flexibility index (Phi) is 8.04. The number of carbonyl (C=O) groups excluding carboxylic acids is 1. The van der Waals surface area contributed by atoms with E-state index in [1.165, 1.54) is 26.4 Å². The average molecular weight is 477 g/mol. The number of hydrogen-bond acceptors (Lipinski definition) is 7. The van der Waals surface area contributed by atoms with Gasteiger partial charge >= 0.3 is 0 Å². The van der Waals surface area contributed by atoms with Crippen LogP contribution >= 0.6 is 0 Å². The van der Waals surface area contributed by atoms with Crippen LogP contribution in [0.25, 0.3) is 0 Å². The molecule has 180 valence electrons. The number of carbonyl (C=O) groups is 1. The molecule has 33 heavy (non-hydrogen) atoms. The monoisotopic (exact) mass is 476 g/mol. The van der Waals surface area contributed by atoms with Gasteiger partial charge in [0.05, 0.1) is 30.5 Å². The lowest BCUT2D eigenvalue weighted by atomic mass is 10.1. The summed E-state index contributed by atoms with van der Waals surface area (Å²) >= 11 is 0. The zero-order chi connectivity index (χ0) is 24.0. The molecule has 1 unspecified atom stereocenters. The topological polar surface area (TPSA) is 109 Å². The van der Waals surface area contributed by atoms with Crippen LogP contribution in [0.2, 0.25) is 0 Å². The summed E-state index contributed by atoms with van der Waals surface area (Å²) in [4.78, 5) is 14.8. The number of rotatable bonds is 9. The molecule has 1 heterocycles. The summed E-state index contributed by atoms with van der Waals surface area (Å²) in [7, 11) is -1.03. The van der Waals surface area contributed by atoms with Gasteiger partial charge in [-0.3, -0.25) is 9.52 Å². The van der Waals surface area contributed by atoms with Gasteiger partial charge in [0.25, 0.3) is 15.9 Å². The van der Waals surface area contributed by atoms with Crippen LogP contribution in [0.1, 0.15) is 30.6 Å². The number of amides is 1. The van der Waals surface area contributed by atoms with E-state index >= 15 is 0 Å². The summed E-state index contributed by atoms with van der Waals surface area (Å²) < 4.78 is 39.7. The SMILES string of the molecule is CCC(C)NC(=O)c1ccc(N2CCNCC2)c(NS(=O)(=O)c2ccc(OC)c(OC)c2)c1. The van der Waals surface area contributed by atoms with Gasteiger partial charge in [0.15, 0.2) is 11.5 Å². The lowest BCUT2D eigenvalue weighted by molar-refractivity contribution is 0.0939. The van der Waals surface area contributed by atoms with Crippen molar-refractivity contribution in [2.75, 3.05) is 50.0 Å². The number of nitrogens with one attached hydrogen (secondary N) is 3. The maximum atomic E-state index is 13.3. The third-order valence-electron chi connectivity index (χ3n) is 5.62. The fraction of sp³-hybridized carbons (Fsp3) is 0.435. The Bertz CT molecular complexity index is 1080. The summed E-state index contributed by atoms with van der Waals surface area (Å²) in [6.07, 6.45) is 0.795. The minimum absolute atomic E-state index is 0.0113. The molecule has 2 aromatic rings. The molecule has 1 saturated heterocycles. The maximum Gasteiger partial charge on any atom is 0.262 e. The highest BCUT2D eigenvalue weighted by atomic mass is 32.2. The Morgan fingerprint density at radius 3 is 2.42 bits per heavy atom. The van der Waals surface area contributed by atoms with Gasteiger partial charge in [0.1, 0.15) is 0 Å². The molecule has 1 aliphatic rings. The number of piperazine rings is 1. The normalized spacial score (nSPS) is 15.0. The van der Waals surface area contributed by atoms with E-state index < -0.39 is 10.0 Å². The Balaban J connectivity index is 1.99. The highest BCUT2D eigenvalue weighted by molar-refractivity contribution is 7.92. The molecule has 0 saturated carbocycles. The molecule has 0 aliphatic carbocycles. The molecule has 0 aromatic heterocycles. The predicted molar refractivity (Wildman–Crippen MR) is 129 cm³/mol. The van der Waals surface area contributed by atoms with E-state index in [0.717, 1.165) is 38.3 Å². The Labute approximate surface area is 195 Å². The fourth-order valence-corrected chi connectivity index (χ4v) is 4.62. The van der Waals surface area contributed by atoms with Crippen LogP contribution in [0.15, 0.2) is 41.3 Å². The van der Waals surface area contributed by atoms with Crippen LogP contribution < -0.4 is 29.7 Å². The van der Waals surface area contributed by atoms with E-state index in [9.17, 15) is 13.2 Å². The molecule has 2 aromatic carbocycles. The van der Waals surface area contributed by atoms with Crippen LogP contribution in [-0.2, 0) is 10.0 Å². The van der Waals surface area contributed by atoms with Crippen molar-refractivity contribution in [2.24, 2.45) is 0 Å². The minimum Gasteiger partial charge on any atom is -0.493 e. The summed E-state index contributed by atoms with van der Waals surface area (Å²) in [5, 5.41) is 6.21. The van der Waals surface area contributed by atoms with Gasteiger partial charge in [-0.15, -0.1) is 0 Å². The largest absolute Gasteiger partial charge is 0.493 e. The van der Waals surface area contributed by atoms with Crippen molar-refractivity contribution in [3.63, 3.8) is 0 Å². The molecule has 3 rings (SSSR count). The summed E-state index contributed by atoms with van der Waals surface area (Å²) in [5.74, 6) is 0.494. The number of benzene rings is 2. The van der Waals surface area contributed by atoms with Crippen molar-refractivity contribution in [2.45, 2.75) is 31.2 Å². The van der Waals surface area contributed by atoms with Gasteiger partial charge in [0.2, 0.25) is 0 Å². The van der Waals surface area contributed by atoms with Crippen LogP contribution in [0, 0.1) is 0 Å². The van der Waals surface area contributed by atoms with E-state index in [0.29, 0.717) is 22.7 Å². The highest BCUT2D eigenvalue weighted by Crippen LogP contribution is 2.33. The number of anilines is 2. The van der Waals surface area contributed by atoms with Gasteiger partial charge in [-0.25, -0.2) is 8.42 Å². The first kappa shape index (κ1) is 24.7. The van der Waals surface area contributed by atoms with Crippen molar-refractivity contribution in [3.05, 3.63) is 42.0 Å². The molecule has 1 atom stereocenters. The molecular formula is C23H32N4O5S. The van der Waals surface area contributed by atoms with E-state index in [1.807, 2.05) is 13.8 Å². The second-order valence-corrected chi connectivity index (χ2v) is 9.56. The second kappa shape index (κ2) is 10.8. The number of sulfonamides is 1. The number of methoxy groups -OCH3 is 2. The predicted octanol–water partition coefficient (Wildman–Crippen LogP) is 2.44. The van der Waals surface area contributed by atoms with E-state index in [4.69, 9.17) is 9.47 Å². The van der Waals surface area contributed by atoms with Gasteiger partial charge in [-0.2, -0.15) is 0 Å². The van der Waals surface area contributed by atoms with E-state index in [1.54, 1.807) is 24.3 Å². The van der Waals surface area contributed by atoms with Crippen molar-refractivity contribution in [1.82, 2.24) is 10.6 Å². The summed E-state index contributed by atoms with van der Waals surface area (Å²) in [6.45, 7) is 6.94. The summed E-state index contributed by atoms with van der Waals surface area (Å²) in [5.41, 5.74) is 1.46. The smallest absolute Gasteiger partial charge is 0.262 e. The first-order valence-corrected chi connectivity index (χ1v) is 12.4. The van der Waals surface area contributed by atoms with Crippen LogP contribution in [0.3, 0.4) is 0 Å². The third-order valence-corrected chi connectivity index (χ3v) is 6.98. The van der Waals surface area contributed by atoms with Gasteiger partial charge in [-0.05, 0) is 43.7 Å². The average Bonchev–Trinajstić information content (AvgIpc) is 2.83. The quantitative estimate of drug-likeness (QED) is 0.510. The third kappa shape index (κ3) is 5.88. The molecule has 3 N–H and O–H groups in total. The zero-order valence-electron chi connectivity index (χ0n) is 19.5. The lowest BCUT2D eigenvalue weighted by Crippen LogP contribution is -2.43. The van der Waals surface area contributed by atoms with Crippen molar-refractivity contribution in [3.8, 4) is 11.5 Å². The van der Waals surface area contributed by atoms with E-state index in [2.05, 4.69) is 20.3 Å². The number of nitrogens with zero attached hydrogens (tertiary/aromatic N) is 1. The minimum atomic E-state index is -3.96. The van der Waals surface area contributed by atoms with Gasteiger partial charge < -0.3 is 25.0 Å². The Hall–Kier alpha value is -2.98. The molecular weight excluding hydrogens is 444 g/mol. The molecule has 1 aliphatic heterocycles. The first-order valence-electron chi connectivity index (χ1n) is 10.9. The van der Waals surface area contributed by atoms with Crippen LogP contribution in [0.5, 0.6) is 11.5 Å². The van der Waals surface area contributed by atoms with Gasteiger partial charge in [0, 0.05) is 43.9 Å². The van der Waals surface area contributed by atoms with Gasteiger partial charge in [-0.1, -0.05) is 6.92 Å². The molecule has 0 spiro atoms. The van der Waals surface area contributed by atoms with Crippen molar-refractivity contribution < 1.29 is 22.7 Å². The lowest BCUT2D eigenvalue weighted by Gasteiger charge is -2.31. The molecule has 9 nitrogen and oxygen atoms in total. The number of hydrogen-bond donors (Lipinski definition) is 3. The second-order valence-electron chi connectivity index (χ2n) is 7.87. The van der Waals surface area contributed by atoms with Crippen LogP contribution in [-0.4, -0.2) is 60.8 Å². The summed E-state index contributed by atoms with van der Waals surface area (Å²) in [6, 6.07) is 9.52. The van der Waals surface area contributed by atoms with Crippen molar-refractivity contribution in [1.29, 1.82) is 0 Å². The fourth-order valence-electron chi connectivity index (χ4n) is 3.54. The molecule has 1 amide bonds. The zero-order valence-corrected chi connectivity index (χ0v) is 20.3. The van der Waals surface area contributed by atoms with Crippen molar-refractivity contribution >= 4 is 27.3 Å². The molecule has 10 heteroatoms.